The van der Waals surface area contributed by atoms with Crippen molar-refractivity contribution in [3.63, 3.8) is 0 Å². The molecule has 0 N–H and O–H groups in total. The fraction of sp³-hybridized carbons (Fsp3) is 0.770. The van der Waals surface area contributed by atoms with E-state index in [1.807, 2.05) is 21.1 Å². The van der Waals surface area contributed by atoms with Crippen LogP contribution >= 0.6 is 7.82 Å². The van der Waals surface area contributed by atoms with E-state index in [0.717, 1.165) is 77.0 Å². The van der Waals surface area contributed by atoms with Crippen molar-refractivity contribution in [1.29, 1.82) is 0 Å². The zero-order valence-corrected chi connectivity index (χ0v) is 47.6. The number of unbranched alkanes of at least 4 members (excludes halogenated alkanes) is 27. The van der Waals surface area contributed by atoms with E-state index < -0.39 is 26.5 Å². The summed E-state index contributed by atoms with van der Waals surface area (Å²) in [6.45, 7) is 4.14. The standard InChI is InChI=1S/C61H110NO8P/c1-6-8-10-12-14-16-18-20-22-24-25-26-27-28-29-30-31-32-33-34-35-36-37-38-40-42-44-46-48-50-52-54-61(64)70-59(58-69-71(65,66)68-56-55-62(3,4)5)57-67-60(63)53-51-49-47-45-43-41-39-23-21-19-17-15-13-11-9-7-2/h8,10,14,16,20,22,25-26,28-29,31-32,59H,6-7,9,11-13,15,17-19,21,23-24,27,30,33-58H2,1-5H3/b10-8-,16-14-,22-20-,26-25-,29-28-,32-31-. The number of hydrogen-bond acceptors (Lipinski definition) is 8. The van der Waals surface area contributed by atoms with Crippen molar-refractivity contribution in [2.24, 2.45) is 0 Å². The number of carbonyl (C=O) groups excluding carboxylic acids is 2. The number of nitrogens with zero attached hydrogens (tertiary/aromatic N) is 1. The number of likely N-dealkylation sites (N-methyl/N-ethyl adjacent to an activating group) is 1. The molecule has 0 aromatic carbocycles. The van der Waals surface area contributed by atoms with E-state index in [0.29, 0.717) is 17.4 Å². The van der Waals surface area contributed by atoms with E-state index in [9.17, 15) is 19.0 Å². The summed E-state index contributed by atoms with van der Waals surface area (Å²) in [5.41, 5.74) is 0. The summed E-state index contributed by atoms with van der Waals surface area (Å²) >= 11 is 0. The van der Waals surface area contributed by atoms with Crippen molar-refractivity contribution in [1.82, 2.24) is 0 Å². The summed E-state index contributed by atoms with van der Waals surface area (Å²) in [4.78, 5) is 37.8. The Labute approximate surface area is 438 Å². The average molecular weight is 1020 g/mol. The Balaban J connectivity index is 4.12. The van der Waals surface area contributed by atoms with Crippen LogP contribution in [0.5, 0.6) is 0 Å². The maximum atomic E-state index is 12.8. The number of rotatable bonds is 53. The second-order valence-electron chi connectivity index (χ2n) is 20.6. The Bertz CT molecular complexity index is 1430. The summed E-state index contributed by atoms with van der Waals surface area (Å²) in [5.74, 6) is -0.829. The highest BCUT2D eigenvalue weighted by Crippen LogP contribution is 2.38. The van der Waals surface area contributed by atoms with Gasteiger partial charge in [0.1, 0.15) is 19.8 Å². The lowest BCUT2D eigenvalue weighted by Crippen LogP contribution is -2.37. The molecule has 0 aromatic heterocycles. The first-order chi connectivity index (χ1) is 34.5. The number of phosphoric acid groups is 1. The van der Waals surface area contributed by atoms with Crippen molar-refractivity contribution in [3.05, 3.63) is 72.9 Å². The fourth-order valence-corrected chi connectivity index (χ4v) is 8.74. The Hall–Kier alpha value is -2.55. The second-order valence-corrected chi connectivity index (χ2v) is 22.0. The average Bonchev–Trinajstić information content (AvgIpc) is 3.33. The van der Waals surface area contributed by atoms with E-state index in [4.69, 9.17) is 18.5 Å². The molecule has 0 spiro atoms. The van der Waals surface area contributed by atoms with Crippen molar-refractivity contribution in [2.45, 2.75) is 258 Å². The summed E-state index contributed by atoms with van der Waals surface area (Å²) in [6, 6.07) is 0. The van der Waals surface area contributed by atoms with E-state index in [2.05, 4.69) is 86.8 Å². The third-order valence-corrected chi connectivity index (χ3v) is 13.5. The second kappa shape index (κ2) is 52.3. The number of esters is 2. The smallest absolute Gasteiger partial charge is 0.306 e. The van der Waals surface area contributed by atoms with Crippen LogP contribution in [0.2, 0.25) is 0 Å². The van der Waals surface area contributed by atoms with Gasteiger partial charge >= 0.3 is 11.9 Å². The van der Waals surface area contributed by atoms with Crippen LogP contribution in [0.15, 0.2) is 72.9 Å². The van der Waals surface area contributed by atoms with Crippen molar-refractivity contribution in [2.75, 3.05) is 47.5 Å². The molecule has 0 rings (SSSR count). The highest BCUT2D eigenvalue weighted by molar-refractivity contribution is 7.45. The Kier molecular flexibility index (Phi) is 50.4. The first-order valence-corrected chi connectivity index (χ1v) is 30.6. The van der Waals surface area contributed by atoms with Crippen LogP contribution in [0.4, 0.5) is 0 Å². The molecule has 0 amide bonds. The van der Waals surface area contributed by atoms with Crippen LogP contribution in [-0.2, 0) is 32.7 Å². The molecule has 412 valence electrons. The van der Waals surface area contributed by atoms with Crippen LogP contribution in [0.1, 0.15) is 251 Å². The van der Waals surface area contributed by atoms with Gasteiger partial charge in [0.2, 0.25) is 0 Å². The molecule has 71 heavy (non-hydrogen) atoms. The molecule has 0 bridgehead atoms. The van der Waals surface area contributed by atoms with E-state index >= 15 is 0 Å². The molecule has 0 saturated carbocycles. The molecule has 0 aliphatic carbocycles. The highest BCUT2D eigenvalue weighted by atomic mass is 31.2. The Morgan fingerprint density at radius 1 is 0.451 bits per heavy atom. The maximum Gasteiger partial charge on any atom is 0.306 e. The zero-order chi connectivity index (χ0) is 52.0. The van der Waals surface area contributed by atoms with Gasteiger partial charge in [-0.3, -0.25) is 14.2 Å². The number of phosphoric ester groups is 1. The molecule has 0 radical (unpaired) electrons. The number of quaternary nitrogens is 1. The minimum absolute atomic E-state index is 0.0319. The lowest BCUT2D eigenvalue weighted by Gasteiger charge is -2.28. The van der Waals surface area contributed by atoms with Gasteiger partial charge in [0, 0.05) is 12.8 Å². The van der Waals surface area contributed by atoms with Crippen LogP contribution in [0.25, 0.3) is 0 Å². The maximum absolute atomic E-state index is 12.8. The van der Waals surface area contributed by atoms with Gasteiger partial charge in [0.25, 0.3) is 7.82 Å². The quantitative estimate of drug-likeness (QED) is 0.0195. The van der Waals surface area contributed by atoms with Crippen LogP contribution < -0.4 is 4.89 Å². The lowest BCUT2D eigenvalue weighted by molar-refractivity contribution is -0.870. The predicted molar refractivity (Wildman–Crippen MR) is 300 cm³/mol. The van der Waals surface area contributed by atoms with Crippen LogP contribution in [0, 0.1) is 0 Å². The normalized spacial score (nSPS) is 13.8. The third kappa shape index (κ3) is 56.6. The van der Waals surface area contributed by atoms with Gasteiger partial charge in [-0.25, -0.2) is 0 Å². The lowest BCUT2D eigenvalue weighted by atomic mass is 10.0. The predicted octanol–water partition coefficient (Wildman–Crippen LogP) is 17.5. The summed E-state index contributed by atoms with van der Waals surface area (Å²) in [7, 11) is 1.17. The molecule has 0 aromatic rings. The van der Waals surface area contributed by atoms with Gasteiger partial charge in [-0.15, -0.1) is 0 Å². The topological polar surface area (TPSA) is 111 Å². The molecule has 0 aliphatic heterocycles. The van der Waals surface area contributed by atoms with Crippen LogP contribution in [-0.4, -0.2) is 70.0 Å². The van der Waals surface area contributed by atoms with E-state index in [1.54, 1.807) is 0 Å². The van der Waals surface area contributed by atoms with Gasteiger partial charge in [0.15, 0.2) is 6.10 Å². The van der Waals surface area contributed by atoms with Crippen molar-refractivity contribution < 1.29 is 42.1 Å². The molecule has 2 unspecified atom stereocenters. The Morgan fingerprint density at radius 2 is 0.803 bits per heavy atom. The molecule has 0 heterocycles. The van der Waals surface area contributed by atoms with Crippen molar-refractivity contribution in [3.8, 4) is 0 Å². The van der Waals surface area contributed by atoms with E-state index in [-0.39, 0.29) is 32.0 Å². The fourth-order valence-electron chi connectivity index (χ4n) is 8.01. The molecule has 0 fully saturated rings. The molecule has 10 heteroatoms. The summed E-state index contributed by atoms with van der Waals surface area (Å²) < 4.78 is 34.1. The van der Waals surface area contributed by atoms with Gasteiger partial charge in [-0.1, -0.05) is 247 Å². The van der Waals surface area contributed by atoms with Crippen LogP contribution in [0.3, 0.4) is 0 Å². The Morgan fingerprint density at radius 3 is 1.20 bits per heavy atom. The third-order valence-electron chi connectivity index (χ3n) is 12.5. The molecule has 9 nitrogen and oxygen atoms in total. The minimum atomic E-state index is -4.64. The van der Waals surface area contributed by atoms with Gasteiger partial charge < -0.3 is 27.9 Å². The number of ether oxygens (including phenoxy) is 2. The monoisotopic (exact) mass is 1020 g/mol. The molecule has 0 saturated heterocycles. The largest absolute Gasteiger partial charge is 0.756 e. The zero-order valence-electron chi connectivity index (χ0n) is 46.7. The summed E-state index contributed by atoms with van der Waals surface area (Å²) in [6.07, 6.45) is 68.0. The minimum Gasteiger partial charge on any atom is -0.756 e. The SMILES string of the molecule is CC/C=C\C/C=C\C/C=C\C/C=C\C/C=C\C/C=C\CCCCCCCCCCCCCCC(=O)OC(COC(=O)CCCCCCCCCCCCCCCCCC)COP(=O)([O-])OCC[N+](C)(C)C. The van der Waals surface area contributed by atoms with Gasteiger partial charge in [-0.2, -0.15) is 0 Å². The highest BCUT2D eigenvalue weighted by Gasteiger charge is 2.22. The molecule has 2 atom stereocenters. The van der Waals surface area contributed by atoms with Gasteiger partial charge in [-0.05, 0) is 64.2 Å². The molecule has 0 aliphatic rings. The number of carbonyl (C=O) groups is 2. The van der Waals surface area contributed by atoms with Crippen molar-refractivity contribution >= 4 is 19.8 Å². The molecular weight excluding hydrogens is 906 g/mol. The van der Waals surface area contributed by atoms with E-state index in [1.165, 1.54) is 141 Å². The number of allylic oxidation sites excluding steroid dienone is 12. The molecular formula is C61H110NO8P. The van der Waals surface area contributed by atoms with Gasteiger partial charge in [0.05, 0.1) is 27.7 Å². The number of hydrogen-bond donors (Lipinski definition) is 0. The first kappa shape index (κ1) is 68.5. The summed E-state index contributed by atoms with van der Waals surface area (Å²) in [5, 5.41) is 0. The first-order valence-electron chi connectivity index (χ1n) is 29.1.